The maximum absolute atomic E-state index is 12.2. The largest absolute Gasteiger partial charge is 0.302 e. The van der Waals surface area contributed by atoms with Gasteiger partial charge >= 0.3 is 0 Å². The molecule has 0 aliphatic rings. The summed E-state index contributed by atoms with van der Waals surface area (Å²) in [7, 11) is -3.64. The van der Waals surface area contributed by atoms with Gasteiger partial charge in [0.2, 0.25) is 15.9 Å². The first-order valence-corrected chi connectivity index (χ1v) is 11.2. The van der Waals surface area contributed by atoms with Gasteiger partial charge in [-0.05, 0) is 24.3 Å². The van der Waals surface area contributed by atoms with E-state index in [0.29, 0.717) is 5.13 Å². The molecule has 0 spiro atoms. The Morgan fingerprint density at radius 1 is 1.07 bits per heavy atom. The number of halogens is 1. The summed E-state index contributed by atoms with van der Waals surface area (Å²) < 4.78 is 27.6. The number of hydrogen-bond donors (Lipinski definition) is 2. The van der Waals surface area contributed by atoms with Crippen molar-refractivity contribution in [3.05, 3.63) is 64.5 Å². The summed E-state index contributed by atoms with van der Waals surface area (Å²) in [5.74, 6) is -0.303. The monoisotopic (exact) mass is 465 g/mol. The zero-order valence-electron chi connectivity index (χ0n) is 14.1. The van der Waals surface area contributed by atoms with Crippen LogP contribution in [-0.4, -0.2) is 25.9 Å². The Kier molecular flexibility index (Phi) is 6.38. The molecule has 1 aromatic heterocycles. The minimum atomic E-state index is -3.64. The lowest BCUT2D eigenvalue weighted by molar-refractivity contribution is -0.116. The highest BCUT2D eigenvalue weighted by Crippen LogP contribution is 2.24. The maximum Gasteiger partial charge on any atom is 0.240 e. The fraction of sp³-hybridized carbons (Fsp3) is 0.111. The van der Waals surface area contributed by atoms with Gasteiger partial charge in [0, 0.05) is 28.4 Å². The van der Waals surface area contributed by atoms with Gasteiger partial charge in [0.25, 0.3) is 0 Å². The number of rotatable bonds is 7. The molecule has 0 aliphatic carbocycles. The molecular formula is C18H16BrN3O3S2. The van der Waals surface area contributed by atoms with Crippen molar-refractivity contribution in [3.63, 3.8) is 0 Å². The average Bonchev–Trinajstić information content (AvgIpc) is 3.11. The van der Waals surface area contributed by atoms with Gasteiger partial charge < -0.3 is 5.32 Å². The van der Waals surface area contributed by atoms with Gasteiger partial charge in [0.05, 0.1) is 10.6 Å². The summed E-state index contributed by atoms with van der Waals surface area (Å²) >= 11 is 4.58. The molecule has 2 aromatic carbocycles. The lowest BCUT2D eigenvalue weighted by Gasteiger charge is -2.06. The number of sulfonamides is 1. The number of amides is 1. The molecule has 140 valence electrons. The van der Waals surface area contributed by atoms with E-state index in [-0.39, 0.29) is 23.8 Å². The van der Waals surface area contributed by atoms with Crippen molar-refractivity contribution in [2.45, 2.75) is 11.3 Å². The molecule has 27 heavy (non-hydrogen) atoms. The molecule has 0 bridgehead atoms. The van der Waals surface area contributed by atoms with E-state index >= 15 is 0 Å². The highest BCUT2D eigenvalue weighted by atomic mass is 79.9. The first-order valence-electron chi connectivity index (χ1n) is 8.00. The molecule has 0 saturated carbocycles. The van der Waals surface area contributed by atoms with E-state index in [2.05, 4.69) is 31.0 Å². The fourth-order valence-corrected chi connectivity index (χ4v) is 4.28. The van der Waals surface area contributed by atoms with E-state index in [1.54, 1.807) is 12.1 Å². The van der Waals surface area contributed by atoms with Crippen LogP contribution in [0, 0.1) is 0 Å². The summed E-state index contributed by atoms with van der Waals surface area (Å²) in [6.07, 6.45) is 0.00993. The molecule has 6 nitrogen and oxygen atoms in total. The summed E-state index contributed by atoms with van der Waals surface area (Å²) in [5, 5.41) is 5.04. The maximum atomic E-state index is 12.2. The summed E-state index contributed by atoms with van der Waals surface area (Å²) in [6.45, 7) is 0.00114. The third-order valence-corrected chi connectivity index (χ3v) is 6.35. The highest BCUT2D eigenvalue weighted by Gasteiger charge is 2.14. The topological polar surface area (TPSA) is 88.2 Å². The van der Waals surface area contributed by atoms with E-state index in [1.165, 1.54) is 23.5 Å². The van der Waals surface area contributed by atoms with E-state index in [0.717, 1.165) is 15.7 Å². The van der Waals surface area contributed by atoms with Crippen LogP contribution in [0.25, 0.3) is 11.3 Å². The van der Waals surface area contributed by atoms with Crippen molar-refractivity contribution >= 4 is 48.3 Å². The van der Waals surface area contributed by atoms with Crippen LogP contribution in [-0.2, 0) is 14.8 Å². The van der Waals surface area contributed by atoms with E-state index < -0.39 is 10.0 Å². The van der Waals surface area contributed by atoms with E-state index in [9.17, 15) is 13.2 Å². The predicted octanol–water partition coefficient (Wildman–Crippen LogP) is 3.88. The Bertz CT molecular complexity index is 1020. The number of anilines is 1. The van der Waals surface area contributed by atoms with Crippen LogP contribution in [0.2, 0.25) is 0 Å². The highest BCUT2D eigenvalue weighted by molar-refractivity contribution is 9.10. The van der Waals surface area contributed by atoms with E-state index in [4.69, 9.17) is 0 Å². The van der Waals surface area contributed by atoms with Crippen molar-refractivity contribution in [2.24, 2.45) is 0 Å². The van der Waals surface area contributed by atoms with Crippen molar-refractivity contribution in [1.29, 1.82) is 0 Å². The Morgan fingerprint density at radius 3 is 2.48 bits per heavy atom. The number of aromatic nitrogens is 1. The number of carbonyl (C=O) groups excluding carboxylic acids is 1. The standard InChI is InChI=1S/C18H16BrN3O3S2/c19-14-6-8-15(9-7-14)27(24,25)20-11-10-17(23)22-18-21-16(12-26-18)13-4-2-1-3-5-13/h1-9,12,20H,10-11H2,(H,21,22,23). The Labute approximate surface area is 169 Å². The Morgan fingerprint density at radius 2 is 1.78 bits per heavy atom. The van der Waals surface area contributed by atoms with Gasteiger partial charge in [-0.2, -0.15) is 0 Å². The molecule has 0 unspecified atom stereocenters. The zero-order chi connectivity index (χ0) is 19.3. The summed E-state index contributed by atoms with van der Waals surface area (Å²) in [6, 6.07) is 15.9. The number of hydrogen-bond acceptors (Lipinski definition) is 5. The molecule has 1 amide bonds. The zero-order valence-corrected chi connectivity index (χ0v) is 17.3. The number of nitrogens with one attached hydrogen (secondary N) is 2. The first kappa shape index (κ1) is 19.7. The van der Waals surface area contributed by atoms with Crippen LogP contribution in [0.15, 0.2) is 69.3 Å². The smallest absolute Gasteiger partial charge is 0.240 e. The molecular weight excluding hydrogens is 450 g/mol. The molecule has 3 rings (SSSR count). The van der Waals surface area contributed by atoms with Gasteiger partial charge in [0.15, 0.2) is 5.13 Å². The van der Waals surface area contributed by atoms with Crippen LogP contribution < -0.4 is 10.0 Å². The number of thiazole rings is 1. The van der Waals surface area contributed by atoms with Crippen molar-refractivity contribution in [2.75, 3.05) is 11.9 Å². The quantitative estimate of drug-likeness (QED) is 0.553. The minimum Gasteiger partial charge on any atom is -0.302 e. The average molecular weight is 466 g/mol. The van der Waals surface area contributed by atoms with Crippen molar-refractivity contribution in [3.8, 4) is 11.3 Å². The van der Waals surface area contributed by atoms with Gasteiger partial charge in [-0.1, -0.05) is 46.3 Å². The first-order chi connectivity index (χ1) is 12.9. The molecule has 2 N–H and O–H groups in total. The molecule has 0 radical (unpaired) electrons. The Hall–Kier alpha value is -2.07. The molecule has 9 heteroatoms. The normalized spacial score (nSPS) is 11.3. The lowest BCUT2D eigenvalue weighted by Crippen LogP contribution is -2.27. The number of benzene rings is 2. The van der Waals surface area contributed by atoms with Gasteiger partial charge in [-0.3, -0.25) is 4.79 Å². The summed E-state index contributed by atoms with van der Waals surface area (Å²) in [4.78, 5) is 16.6. The van der Waals surface area contributed by atoms with Crippen LogP contribution in [0.5, 0.6) is 0 Å². The summed E-state index contributed by atoms with van der Waals surface area (Å²) in [5.41, 5.74) is 1.75. The second-order valence-corrected chi connectivity index (χ2v) is 9.09. The van der Waals surface area contributed by atoms with Crippen molar-refractivity contribution < 1.29 is 13.2 Å². The van der Waals surface area contributed by atoms with Crippen LogP contribution in [0.4, 0.5) is 5.13 Å². The van der Waals surface area contributed by atoms with Gasteiger partial charge in [-0.25, -0.2) is 18.1 Å². The molecule has 0 fully saturated rings. The molecule has 0 atom stereocenters. The fourth-order valence-electron chi connectivity index (χ4n) is 2.25. The van der Waals surface area contributed by atoms with Crippen LogP contribution in [0.1, 0.15) is 6.42 Å². The second-order valence-electron chi connectivity index (χ2n) is 5.55. The third-order valence-electron chi connectivity index (χ3n) is 3.59. The minimum absolute atomic E-state index is 0.00114. The number of carbonyl (C=O) groups is 1. The lowest BCUT2D eigenvalue weighted by atomic mass is 10.2. The predicted molar refractivity (Wildman–Crippen MR) is 110 cm³/mol. The SMILES string of the molecule is O=C(CCNS(=O)(=O)c1ccc(Br)cc1)Nc1nc(-c2ccccc2)cs1. The Balaban J connectivity index is 1.51. The molecule has 0 aliphatic heterocycles. The number of nitrogens with zero attached hydrogens (tertiary/aromatic N) is 1. The van der Waals surface area contributed by atoms with Gasteiger partial charge in [0.1, 0.15) is 0 Å². The van der Waals surface area contributed by atoms with Crippen LogP contribution in [0.3, 0.4) is 0 Å². The third kappa shape index (κ3) is 5.46. The van der Waals surface area contributed by atoms with E-state index in [1.807, 2.05) is 35.7 Å². The molecule has 3 aromatic rings. The van der Waals surface area contributed by atoms with Crippen LogP contribution >= 0.6 is 27.3 Å². The van der Waals surface area contributed by atoms with Gasteiger partial charge in [-0.15, -0.1) is 11.3 Å². The molecule has 1 heterocycles. The van der Waals surface area contributed by atoms with Crippen molar-refractivity contribution in [1.82, 2.24) is 9.71 Å². The second kappa shape index (κ2) is 8.75. The molecule has 0 saturated heterocycles.